The van der Waals surface area contributed by atoms with E-state index < -0.39 is 5.82 Å². The molecule has 0 radical (unpaired) electrons. The van der Waals surface area contributed by atoms with Crippen molar-refractivity contribution in [2.24, 2.45) is 11.3 Å². The van der Waals surface area contributed by atoms with Gasteiger partial charge in [-0.05, 0) is 55.8 Å². The number of carbonyl (C=O) groups is 2. The summed E-state index contributed by atoms with van der Waals surface area (Å²) in [6.45, 7) is 5.75. The molecule has 27 heavy (non-hydrogen) atoms. The normalized spacial score (nSPS) is 24.4. The van der Waals surface area contributed by atoms with Crippen LogP contribution in [0.3, 0.4) is 0 Å². The van der Waals surface area contributed by atoms with Gasteiger partial charge >= 0.3 is 0 Å². The molecule has 7 heteroatoms. The molecule has 3 fully saturated rings. The van der Waals surface area contributed by atoms with Crippen LogP contribution in [0.4, 0.5) is 10.1 Å². The highest BCUT2D eigenvalue weighted by molar-refractivity contribution is 6.00. The Bertz CT molecular complexity index is 726. The van der Waals surface area contributed by atoms with E-state index in [1.807, 2.05) is 11.8 Å². The molecule has 0 aliphatic carbocycles. The summed E-state index contributed by atoms with van der Waals surface area (Å²) in [6, 6.07) is 4.85. The number of likely N-dealkylation sites (tertiary alicyclic amines) is 1. The second-order valence-corrected chi connectivity index (χ2v) is 8.11. The molecule has 3 heterocycles. The summed E-state index contributed by atoms with van der Waals surface area (Å²) in [6.07, 6.45) is 3.43. The van der Waals surface area contributed by atoms with E-state index in [-0.39, 0.29) is 48.8 Å². The van der Waals surface area contributed by atoms with Crippen LogP contribution in [-0.2, 0) is 9.59 Å². The Labute approximate surface area is 165 Å². The van der Waals surface area contributed by atoms with Crippen molar-refractivity contribution in [1.29, 1.82) is 0 Å². The third kappa shape index (κ3) is 3.83. The molecular weight excluding hydrogens is 369 g/mol. The average Bonchev–Trinajstić information content (AvgIpc) is 3.22. The van der Waals surface area contributed by atoms with Gasteiger partial charge < -0.3 is 15.1 Å². The number of halogens is 2. The van der Waals surface area contributed by atoms with Crippen molar-refractivity contribution >= 4 is 29.9 Å². The minimum absolute atomic E-state index is 0. The molecule has 1 aromatic rings. The molecule has 1 unspecified atom stereocenters. The fourth-order valence-corrected chi connectivity index (χ4v) is 4.62. The fraction of sp³-hybridized carbons (Fsp3) is 0.600. The molecule has 148 valence electrons. The van der Waals surface area contributed by atoms with E-state index in [0.717, 1.165) is 44.6 Å². The molecule has 3 aliphatic rings. The van der Waals surface area contributed by atoms with Gasteiger partial charge in [0.15, 0.2) is 0 Å². The summed E-state index contributed by atoms with van der Waals surface area (Å²) in [5, 5.41) is 3.43. The van der Waals surface area contributed by atoms with E-state index in [2.05, 4.69) is 5.32 Å². The molecule has 3 saturated heterocycles. The number of rotatable bonds is 2. The summed E-state index contributed by atoms with van der Waals surface area (Å²) in [5.41, 5.74) is 1.46. The summed E-state index contributed by atoms with van der Waals surface area (Å²) in [4.78, 5) is 28.6. The molecule has 3 aliphatic heterocycles. The van der Waals surface area contributed by atoms with E-state index in [0.29, 0.717) is 5.41 Å². The van der Waals surface area contributed by atoms with Gasteiger partial charge in [0.1, 0.15) is 5.82 Å². The van der Waals surface area contributed by atoms with E-state index in [1.54, 1.807) is 12.1 Å². The number of nitrogens with one attached hydrogen (secondary N) is 1. The monoisotopic (exact) mass is 395 g/mol. The molecule has 1 spiro atoms. The lowest BCUT2D eigenvalue weighted by Crippen LogP contribution is -2.46. The predicted octanol–water partition coefficient (Wildman–Crippen LogP) is 2.51. The number of aryl methyl sites for hydroxylation is 1. The van der Waals surface area contributed by atoms with Gasteiger partial charge in [-0.2, -0.15) is 0 Å². The maximum atomic E-state index is 14.2. The van der Waals surface area contributed by atoms with Crippen LogP contribution in [0.2, 0.25) is 0 Å². The highest BCUT2D eigenvalue weighted by Crippen LogP contribution is 2.38. The van der Waals surface area contributed by atoms with E-state index in [1.165, 1.54) is 17.4 Å². The van der Waals surface area contributed by atoms with Gasteiger partial charge in [0.05, 0.1) is 11.6 Å². The van der Waals surface area contributed by atoms with Crippen LogP contribution < -0.4 is 10.2 Å². The first kappa shape index (κ1) is 20.1. The van der Waals surface area contributed by atoms with Crippen molar-refractivity contribution < 1.29 is 14.0 Å². The zero-order valence-corrected chi connectivity index (χ0v) is 16.5. The van der Waals surface area contributed by atoms with Crippen molar-refractivity contribution in [2.45, 2.75) is 32.6 Å². The Morgan fingerprint density at radius 1 is 1.26 bits per heavy atom. The molecular formula is C20H27ClFN3O2. The number of amides is 2. The highest BCUT2D eigenvalue weighted by Gasteiger charge is 2.42. The first-order chi connectivity index (χ1) is 12.5. The van der Waals surface area contributed by atoms with Crippen LogP contribution >= 0.6 is 12.4 Å². The minimum atomic E-state index is -0.403. The Kier molecular flexibility index (Phi) is 5.77. The van der Waals surface area contributed by atoms with Gasteiger partial charge in [-0.25, -0.2) is 4.39 Å². The summed E-state index contributed by atoms with van der Waals surface area (Å²) >= 11 is 0. The smallest absolute Gasteiger partial charge is 0.228 e. The predicted molar refractivity (Wildman–Crippen MR) is 105 cm³/mol. The number of anilines is 1. The van der Waals surface area contributed by atoms with Crippen molar-refractivity contribution in [3.8, 4) is 0 Å². The second kappa shape index (κ2) is 7.76. The molecule has 0 aromatic heterocycles. The van der Waals surface area contributed by atoms with E-state index in [4.69, 9.17) is 0 Å². The lowest BCUT2D eigenvalue weighted by atomic mass is 9.77. The van der Waals surface area contributed by atoms with Crippen molar-refractivity contribution in [2.75, 3.05) is 37.6 Å². The summed E-state index contributed by atoms with van der Waals surface area (Å²) in [7, 11) is 0. The Hall–Kier alpha value is -1.66. The average molecular weight is 396 g/mol. The standard InChI is InChI=1S/C20H26FN3O2.ClH/c1-14-2-3-17(16(21)10-14)24-12-15(11-18(24)25)19(26)23-8-5-20(6-9-23)4-7-22-13-20;/h2-3,10,15,22H,4-9,11-13H2,1H3;1H. The van der Waals surface area contributed by atoms with Gasteiger partial charge in [0, 0.05) is 32.6 Å². The zero-order chi connectivity index (χ0) is 18.3. The topological polar surface area (TPSA) is 52.7 Å². The molecule has 0 bridgehead atoms. The lowest BCUT2D eigenvalue weighted by molar-refractivity contribution is -0.137. The van der Waals surface area contributed by atoms with Crippen LogP contribution in [0.25, 0.3) is 0 Å². The Balaban J connectivity index is 0.00000210. The van der Waals surface area contributed by atoms with Crippen molar-refractivity contribution in [3.63, 3.8) is 0 Å². The van der Waals surface area contributed by atoms with Crippen molar-refractivity contribution in [1.82, 2.24) is 10.2 Å². The Morgan fingerprint density at radius 3 is 2.63 bits per heavy atom. The van der Waals surface area contributed by atoms with E-state index in [9.17, 15) is 14.0 Å². The molecule has 1 aromatic carbocycles. The fourth-order valence-electron chi connectivity index (χ4n) is 4.62. The SMILES string of the molecule is Cc1ccc(N2CC(C(=O)N3CCC4(CCNC4)CC3)CC2=O)c(F)c1.Cl. The second-order valence-electron chi connectivity index (χ2n) is 8.11. The molecule has 1 N–H and O–H groups in total. The maximum Gasteiger partial charge on any atom is 0.228 e. The number of hydrogen-bond acceptors (Lipinski definition) is 3. The highest BCUT2D eigenvalue weighted by atomic mass is 35.5. The zero-order valence-electron chi connectivity index (χ0n) is 15.7. The van der Waals surface area contributed by atoms with Crippen LogP contribution in [-0.4, -0.2) is 49.4 Å². The van der Waals surface area contributed by atoms with Gasteiger partial charge in [0.25, 0.3) is 0 Å². The lowest BCUT2D eigenvalue weighted by Gasteiger charge is -2.39. The largest absolute Gasteiger partial charge is 0.342 e. The summed E-state index contributed by atoms with van der Waals surface area (Å²) < 4.78 is 14.2. The van der Waals surface area contributed by atoms with Crippen LogP contribution in [0.5, 0.6) is 0 Å². The van der Waals surface area contributed by atoms with Gasteiger partial charge in [-0.15, -0.1) is 12.4 Å². The molecule has 2 amide bonds. The van der Waals surface area contributed by atoms with Crippen molar-refractivity contribution in [3.05, 3.63) is 29.6 Å². The number of nitrogens with zero attached hydrogens (tertiary/aromatic N) is 2. The summed E-state index contributed by atoms with van der Waals surface area (Å²) in [5.74, 6) is -0.882. The number of carbonyl (C=O) groups excluding carboxylic acids is 2. The van der Waals surface area contributed by atoms with Crippen LogP contribution in [0.1, 0.15) is 31.2 Å². The number of piperidine rings is 1. The molecule has 1 atom stereocenters. The van der Waals surface area contributed by atoms with E-state index >= 15 is 0 Å². The quantitative estimate of drug-likeness (QED) is 0.837. The number of benzene rings is 1. The third-order valence-electron chi connectivity index (χ3n) is 6.34. The Morgan fingerprint density at radius 2 is 2.00 bits per heavy atom. The third-order valence-corrected chi connectivity index (χ3v) is 6.34. The molecule has 0 saturated carbocycles. The maximum absolute atomic E-state index is 14.2. The van der Waals surface area contributed by atoms with Gasteiger partial charge in [0.2, 0.25) is 11.8 Å². The minimum Gasteiger partial charge on any atom is -0.342 e. The molecule has 5 nitrogen and oxygen atoms in total. The first-order valence-corrected chi connectivity index (χ1v) is 9.53. The van der Waals surface area contributed by atoms with Crippen LogP contribution in [0.15, 0.2) is 18.2 Å². The van der Waals surface area contributed by atoms with Gasteiger partial charge in [-0.3, -0.25) is 9.59 Å². The molecule has 4 rings (SSSR count). The first-order valence-electron chi connectivity index (χ1n) is 9.53. The number of hydrogen-bond donors (Lipinski definition) is 1. The van der Waals surface area contributed by atoms with Crippen LogP contribution in [0, 0.1) is 24.1 Å². The van der Waals surface area contributed by atoms with Gasteiger partial charge in [-0.1, -0.05) is 6.07 Å².